The molecule has 0 atom stereocenters. The molecule has 96 valence electrons. The van der Waals surface area contributed by atoms with E-state index in [-0.39, 0.29) is 28.5 Å². The monoisotopic (exact) mass is 279 g/mol. The van der Waals surface area contributed by atoms with Crippen molar-refractivity contribution in [2.75, 3.05) is 12.4 Å². The van der Waals surface area contributed by atoms with Crippen LogP contribution in [0.4, 0.5) is 16.0 Å². The SMILES string of the molecule is COc1nc(Cl)nc(Nc2ccc(C#N)cc2F)n1. The lowest BCUT2D eigenvalue weighted by Gasteiger charge is -2.07. The van der Waals surface area contributed by atoms with E-state index in [1.165, 1.54) is 19.2 Å². The zero-order valence-corrected chi connectivity index (χ0v) is 10.4. The topological polar surface area (TPSA) is 83.7 Å². The molecule has 0 aliphatic rings. The van der Waals surface area contributed by atoms with Crippen molar-refractivity contribution in [3.8, 4) is 12.1 Å². The number of nitrogens with zero attached hydrogens (tertiary/aromatic N) is 4. The highest BCUT2D eigenvalue weighted by molar-refractivity contribution is 6.28. The van der Waals surface area contributed by atoms with Gasteiger partial charge < -0.3 is 10.1 Å². The van der Waals surface area contributed by atoms with Gasteiger partial charge in [-0.25, -0.2) is 4.39 Å². The van der Waals surface area contributed by atoms with Crippen LogP contribution in [0.2, 0.25) is 5.28 Å². The van der Waals surface area contributed by atoms with Crippen LogP contribution < -0.4 is 10.1 Å². The first-order valence-corrected chi connectivity index (χ1v) is 5.42. The summed E-state index contributed by atoms with van der Waals surface area (Å²) in [7, 11) is 1.37. The van der Waals surface area contributed by atoms with E-state index in [0.29, 0.717) is 0 Å². The van der Waals surface area contributed by atoms with Crippen LogP contribution in [-0.2, 0) is 0 Å². The minimum atomic E-state index is -0.602. The van der Waals surface area contributed by atoms with Crippen LogP contribution in [0.15, 0.2) is 18.2 Å². The molecule has 0 amide bonds. The molecule has 8 heteroatoms. The molecule has 0 fully saturated rings. The molecule has 0 unspecified atom stereocenters. The Morgan fingerprint density at radius 2 is 2.16 bits per heavy atom. The molecule has 19 heavy (non-hydrogen) atoms. The molecule has 0 aliphatic heterocycles. The average Bonchev–Trinajstić information content (AvgIpc) is 2.40. The van der Waals surface area contributed by atoms with Crippen molar-refractivity contribution < 1.29 is 9.13 Å². The third-order valence-corrected chi connectivity index (χ3v) is 2.28. The number of nitrogens with one attached hydrogen (secondary N) is 1. The Morgan fingerprint density at radius 1 is 1.37 bits per heavy atom. The summed E-state index contributed by atoms with van der Waals surface area (Å²) >= 11 is 5.66. The van der Waals surface area contributed by atoms with Crippen LogP contribution in [0.5, 0.6) is 6.01 Å². The van der Waals surface area contributed by atoms with Crippen molar-refractivity contribution in [1.29, 1.82) is 5.26 Å². The summed E-state index contributed by atoms with van der Waals surface area (Å²) in [6.45, 7) is 0. The molecule has 1 aromatic carbocycles. The summed E-state index contributed by atoms with van der Waals surface area (Å²) in [5.41, 5.74) is 0.331. The normalized spacial score (nSPS) is 9.79. The van der Waals surface area contributed by atoms with Gasteiger partial charge in [0.2, 0.25) is 11.2 Å². The lowest BCUT2D eigenvalue weighted by atomic mass is 10.2. The Balaban J connectivity index is 2.31. The molecule has 2 rings (SSSR count). The highest BCUT2D eigenvalue weighted by Gasteiger charge is 2.08. The fraction of sp³-hybridized carbons (Fsp3) is 0.0909. The number of benzene rings is 1. The number of ether oxygens (including phenoxy) is 1. The molecular formula is C11H7ClFN5O. The Hall–Kier alpha value is -2.46. The van der Waals surface area contributed by atoms with Crippen molar-refractivity contribution in [3.05, 3.63) is 34.9 Å². The molecule has 0 spiro atoms. The Kier molecular flexibility index (Phi) is 3.73. The van der Waals surface area contributed by atoms with Crippen LogP contribution >= 0.6 is 11.6 Å². The van der Waals surface area contributed by atoms with Gasteiger partial charge in [0, 0.05) is 0 Å². The first kappa shape index (κ1) is 13.0. The van der Waals surface area contributed by atoms with Crippen LogP contribution in [0.1, 0.15) is 5.56 Å². The second kappa shape index (κ2) is 5.46. The van der Waals surface area contributed by atoms with Crippen LogP contribution in [0.3, 0.4) is 0 Å². The van der Waals surface area contributed by atoms with E-state index in [0.717, 1.165) is 6.07 Å². The van der Waals surface area contributed by atoms with E-state index in [1.807, 2.05) is 6.07 Å². The van der Waals surface area contributed by atoms with Crippen LogP contribution in [-0.4, -0.2) is 22.1 Å². The summed E-state index contributed by atoms with van der Waals surface area (Å²) in [6, 6.07) is 5.81. The van der Waals surface area contributed by atoms with Gasteiger partial charge in [-0.2, -0.15) is 20.2 Å². The number of anilines is 2. The Morgan fingerprint density at radius 3 is 2.79 bits per heavy atom. The zero-order chi connectivity index (χ0) is 13.8. The molecule has 0 radical (unpaired) electrons. The third-order valence-electron chi connectivity index (χ3n) is 2.11. The van der Waals surface area contributed by atoms with E-state index in [1.54, 1.807) is 0 Å². The second-order valence-corrected chi connectivity index (χ2v) is 3.68. The molecular weight excluding hydrogens is 273 g/mol. The summed E-state index contributed by atoms with van der Waals surface area (Å²) in [5, 5.41) is 11.2. The number of halogens is 2. The second-order valence-electron chi connectivity index (χ2n) is 3.35. The van der Waals surface area contributed by atoms with Crippen molar-refractivity contribution in [3.63, 3.8) is 0 Å². The van der Waals surface area contributed by atoms with Crippen molar-refractivity contribution >= 4 is 23.2 Å². The Labute approximate surface area is 112 Å². The van der Waals surface area contributed by atoms with Crippen molar-refractivity contribution in [2.24, 2.45) is 0 Å². The summed E-state index contributed by atoms with van der Waals surface area (Å²) < 4.78 is 18.5. The van der Waals surface area contributed by atoms with Gasteiger partial charge in [-0.05, 0) is 29.8 Å². The molecule has 0 bridgehead atoms. The lowest BCUT2D eigenvalue weighted by molar-refractivity contribution is 0.379. The third kappa shape index (κ3) is 3.05. The summed E-state index contributed by atoms with van der Waals surface area (Å²) in [6.07, 6.45) is 0. The number of hydrogen-bond donors (Lipinski definition) is 1. The summed E-state index contributed by atoms with van der Waals surface area (Å²) in [4.78, 5) is 11.3. The van der Waals surface area contributed by atoms with Gasteiger partial charge in [-0.1, -0.05) is 0 Å². The van der Waals surface area contributed by atoms with E-state index in [4.69, 9.17) is 21.6 Å². The van der Waals surface area contributed by atoms with Gasteiger partial charge in [-0.15, -0.1) is 0 Å². The van der Waals surface area contributed by atoms with E-state index < -0.39 is 5.82 Å². The largest absolute Gasteiger partial charge is 0.467 e. The molecule has 6 nitrogen and oxygen atoms in total. The quantitative estimate of drug-likeness (QED) is 0.928. The standard InChI is InChI=1S/C11H7ClFN5O/c1-19-11-17-9(12)16-10(18-11)15-8-3-2-6(5-14)4-7(8)13/h2-4H,1H3,(H,15,16,17,18). The summed E-state index contributed by atoms with van der Waals surface area (Å²) in [5.74, 6) is -0.560. The van der Waals surface area contributed by atoms with Gasteiger partial charge in [0.05, 0.1) is 24.4 Å². The minimum absolute atomic E-state index is 0.0107. The molecule has 1 heterocycles. The maximum Gasteiger partial charge on any atom is 0.322 e. The number of nitriles is 1. The lowest BCUT2D eigenvalue weighted by Crippen LogP contribution is -2.03. The predicted octanol–water partition coefficient (Wildman–Crippen LogP) is 2.29. The highest BCUT2D eigenvalue weighted by Crippen LogP contribution is 2.20. The molecule has 2 aromatic rings. The fourth-order valence-corrected chi connectivity index (χ4v) is 1.44. The number of hydrogen-bond acceptors (Lipinski definition) is 6. The Bertz CT molecular complexity index is 658. The first-order chi connectivity index (χ1) is 9.12. The molecule has 0 aliphatic carbocycles. The van der Waals surface area contributed by atoms with Gasteiger partial charge >= 0.3 is 6.01 Å². The predicted molar refractivity (Wildman–Crippen MR) is 65.8 cm³/mol. The van der Waals surface area contributed by atoms with Crippen LogP contribution in [0, 0.1) is 17.1 Å². The van der Waals surface area contributed by atoms with Crippen LogP contribution in [0.25, 0.3) is 0 Å². The van der Waals surface area contributed by atoms with E-state index in [9.17, 15) is 4.39 Å². The van der Waals surface area contributed by atoms with E-state index >= 15 is 0 Å². The average molecular weight is 280 g/mol. The highest BCUT2D eigenvalue weighted by atomic mass is 35.5. The number of rotatable bonds is 3. The zero-order valence-electron chi connectivity index (χ0n) is 9.69. The van der Waals surface area contributed by atoms with Gasteiger partial charge in [-0.3, -0.25) is 0 Å². The molecule has 1 aromatic heterocycles. The maximum atomic E-state index is 13.7. The van der Waals surface area contributed by atoms with Crippen molar-refractivity contribution in [2.45, 2.75) is 0 Å². The van der Waals surface area contributed by atoms with E-state index in [2.05, 4.69) is 20.3 Å². The minimum Gasteiger partial charge on any atom is -0.467 e. The maximum absolute atomic E-state index is 13.7. The van der Waals surface area contributed by atoms with Gasteiger partial charge in [0.25, 0.3) is 0 Å². The smallest absolute Gasteiger partial charge is 0.322 e. The molecule has 0 saturated heterocycles. The van der Waals surface area contributed by atoms with Gasteiger partial charge in [0.1, 0.15) is 5.82 Å². The van der Waals surface area contributed by atoms with Crippen molar-refractivity contribution in [1.82, 2.24) is 15.0 Å². The van der Waals surface area contributed by atoms with Gasteiger partial charge in [0.15, 0.2) is 0 Å². The number of aromatic nitrogens is 3. The first-order valence-electron chi connectivity index (χ1n) is 5.04. The molecule has 1 N–H and O–H groups in total. The fourth-order valence-electron chi connectivity index (χ4n) is 1.29. The molecule has 0 saturated carbocycles. The number of methoxy groups -OCH3 is 1.